The molecule has 196 valence electrons. The van der Waals surface area contributed by atoms with Gasteiger partial charge in [-0.1, -0.05) is 32.0 Å². The van der Waals surface area contributed by atoms with Crippen molar-refractivity contribution in [1.29, 1.82) is 0 Å². The van der Waals surface area contributed by atoms with E-state index in [4.69, 9.17) is 0 Å². The number of imide groups is 1. The van der Waals surface area contributed by atoms with Crippen LogP contribution in [0.5, 0.6) is 0 Å². The number of nitrogens with zero attached hydrogens (tertiary/aromatic N) is 1. The van der Waals surface area contributed by atoms with E-state index in [2.05, 4.69) is 24.5 Å². The Morgan fingerprint density at radius 3 is 2.62 bits per heavy atom. The second-order valence-electron chi connectivity index (χ2n) is 11.2. The van der Waals surface area contributed by atoms with Gasteiger partial charge in [0.15, 0.2) is 0 Å². The number of hydrogen-bond acceptors (Lipinski definition) is 5. The van der Waals surface area contributed by atoms with E-state index >= 15 is 0 Å². The maximum absolute atomic E-state index is 14.9. The standard InChI is InChI=1S/C29H34FN3O3S/c1-29(2)12-10-20(11-13-29)31-15-19-7-6-18(14-23(19)30)17-37-25-5-3-4-21-22(25)16-33(28(21)36)24-8-9-26(34)32-27(24)35/h3-7,14,20,24,31H,8-13,15-17H2,1-2H3,(H,32,34,35). The number of hydrogen-bond donors (Lipinski definition) is 2. The maximum atomic E-state index is 14.9. The Labute approximate surface area is 221 Å². The van der Waals surface area contributed by atoms with E-state index < -0.39 is 11.9 Å². The Morgan fingerprint density at radius 1 is 1.11 bits per heavy atom. The molecule has 5 rings (SSSR count). The van der Waals surface area contributed by atoms with Crippen LogP contribution in [0.15, 0.2) is 41.3 Å². The van der Waals surface area contributed by atoms with Crippen LogP contribution in [-0.4, -0.2) is 34.7 Å². The van der Waals surface area contributed by atoms with Crippen LogP contribution in [0.4, 0.5) is 4.39 Å². The predicted octanol–water partition coefficient (Wildman–Crippen LogP) is 4.94. The molecule has 1 saturated carbocycles. The fourth-order valence-corrected chi connectivity index (χ4v) is 6.56. The quantitative estimate of drug-likeness (QED) is 0.397. The lowest BCUT2D eigenvalue weighted by Crippen LogP contribution is -2.52. The zero-order valence-electron chi connectivity index (χ0n) is 21.4. The van der Waals surface area contributed by atoms with Crippen molar-refractivity contribution in [3.05, 3.63) is 64.5 Å². The van der Waals surface area contributed by atoms with Crippen LogP contribution in [-0.2, 0) is 28.4 Å². The molecule has 1 atom stereocenters. The molecule has 37 heavy (non-hydrogen) atoms. The first kappa shape index (κ1) is 25.9. The zero-order valence-corrected chi connectivity index (χ0v) is 22.3. The van der Waals surface area contributed by atoms with Crippen LogP contribution in [0, 0.1) is 11.2 Å². The minimum absolute atomic E-state index is 0.184. The zero-order chi connectivity index (χ0) is 26.2. The van der Waals surface area contributed by atoms with Gasteiger partial charge in [-0.05, 0) is 66.8 Å². The third-order valence-corrected chi connectivity index (χ3v) is 9.14. The lowest BCUT2D eigenvalue weighted by Gasteiger charge is -2.34. The first-order valence-electron chi connectivity index (χ1n) is 13.1. The van der Waals surface area contributed by atoms with Gasteiger partial charge in [0.25, 0.3) is 5.91 Å². The molecule has 1 unspecified atom stereocenters. The number of piperidine rings is 1. The molecule has 0 radical (unpaired) electrons. The molecule has 2 heterocycles. The summed E-state index contributed by atoms with van der Waals surface area (Å²) >= 11 is 1.57. The van der Waals surface area contributed by atoms with Gasteiger partial charge in [0.1, 0.15) is 11.9 Å². The molecular weight excluding hydrogens is 489 g/mol. The van der Waals surface area contributed by atoms with Crippen LogP contribution in [0.1, 0.15) is 79.4 Å². The van der Waals surface area contributed by atoms with E-state index in [0.29, 0.717) is 47.8 Å². The molecule has 1 saturated heterocycles. The molecule has 3 amide bonds. The molecule has 0 aromatic heterocycles. The molecule has 2 aromatic carbocycles. The van der Waals surface area contributed by atoms with Gasteiger partial charge in [-0.2, -0.15) is 0 Å². The van der Waals surface area contributed by atoms with Crippen LogP contribution in [0.25, 0.3) is 0 Å². The van der Waals surface area contributed by atoms with Crippen molar-refractivity contribution in [2.24, 2.45) is 5.41 Å². The smallest absolute Gasteiger partial charge is 0.255 e. The molecule has 1 aliphatic carbocycles. The number of rotatable bonds is 7. The highest BCUT2D eigenvalue weighted by Crippen LogP contribution is 2.36. The van der Waals surface area contributed by atoms with E-state index in [1.165, 1.54) is 12.8 Å². The number of thioether (sulfide) groups is 1. The number of halogens is 1. The van der Waals surface area contributed by atoms with Crippen molar-refractivity contribution in [2.75, 3.05) is 0 Å². The predicted molar refractivity (Wildman–Crippen MR) is 141 cm³/mol. The highest BCUT2D eigenvalue weighted by atomic mass is 32.2. The summed E-state index contributed by atoms with van der Waals surface area (Å²) in [6.45, 7) is 5.50. The van der Waals surface area contributed by atoms with Gasteiger partial charge in [-0.3, -0.25) is 19.7 Å². The summed E-state index contributed by atoms with van der Waals surface area (Å²) in [6.07, 6.45) is 5.23. The van der Waals surface area contributed by atoms with Gasteiger partial charge in [-0.15, -0.1) is 11.8 Å². The van der Waals surface area contributed by atoms with Crippen molar-refractivity contribution >= 4 is 29.5 Å². The Balaban J connectivity index is 1.20. The lowest BCUT2D eigenvalue weighted by atomic mass is 9.75. The van der Waals surface area contributed by atoms with Crippen LogP contribution in [0.3, 0.4) is 0 Å². The molecule has 2 aromatic rings. The van der Waals surface area contributed by atoms with E-state index in [1.54, 1.807) is 28.8 Å². The topological polar surface area (TPSA) is 78.5 Å². The van der Waals surface area contributed by atoms with Crippen molar-refractivity contribution < 1.29 is 18.8 Å². The van der Waals surface area contributed by atoms with Crippen molar-refractivity contribution in [2.45, 2.75) is 88.2 Å². The largest absolute Gasteiger partial charge is 0.322 e. The second-order valence-corrected chi connectivity index (χ2v) is 12.2. The molecule has 0 spiro atoms. The van der Waals surface area contributed by atoms with E-state index in [0.717, 1.165) is 28.9 Å². The van der Waals surface area contributed by atoms with Crippen LogP contribution >= 0.6 is 11.8 Å². The lowest BCUT2D eigenvalue weighted by molar-refractivity contribution is -0.136. The molecular formula is C29H34FN3O3S. The summed E-state index contributed by atoms with van der Waals surface area (Å²) in [5, 5.41) is 5.87. The first-order valence-corrected chi connectivity index (χ1v) is 14.1. The summed E-state index contributed by atoms with van der Waals surface area (Å²) in [7, 11) is 0. The average Bonchev–Trinajstić information content (AvgIpc) is 3.19. The Bertz CT molecular complexity index is 1220. The minimum Gasteiger partial charge on any atom is -0.322 e. The third kappa shape index (κ3) is 5.75. The number of benzene rings is 2. The highest BCUT2D eigenvalue weighted by molar-refractivity contribution is 7.98. The van der Waals surface area contributed by atoms with Gasteiger partial charge in [0, 0.05) is 47.3 Å². The second kappa shape index (κ2) is 10.6. The van der Waals surface area contributed by atoms with Crippen LogP contribution in [0.2, 0.25) is 0 Å². The van der Waals surface area contributed by atoms with Gasteiger partial charge in [0.2, 0.25) is 11.8 Å². The summed E-state index contributed by atoms with van der Waals surface area (Å²) in [4.78, 5) is 39.4. The molecule has 6 nitrogen and oxygen atoms in total. The van der Waals surface area contributed by atoms with Gasteiger partial charge in [-0.25, -0.2) is 4.39 Å². The monoisotopic (exact) mass is 523 g/mol. The molecule has 8 heteroatoms. The van der Waals surface area contributed by atoms with Gasteiger partial charge in [0.05, 0.1) is 0 Å². The normalized spacial score (nSPS) is 21.8. The molecule has 3 aliphatic rings. The van der Waals surface area contributed by atoms with Crippen LogP contribution < -0.4 is 10.6 Å². The molecule has 2 aliphatic heterocycles. The Kier molecular flexibility index (Phi) is 7.41. The minimum atomic E-state index is -0.634. The molecule has 2 fully saturated rings. The Morgan fingerprint density at radius 2 is 1.89 bits per heavy atom. The van der Waals surface area contributed by atoms with E-state index in [9.17, 15) is 18.8 Å². The van der Waals surface area contributed by atoms with Gasteiger partial charge < -0.3 is 10.2 Å². The van der Waals surface area contributed by atoms with E-state index in [1.807, 2.05) is 24.3 Å². The number of nitrogens with one attached hydrogen (secondary N) is 2. The summed E-state index contributed by atoms with van der Waals surface area (Å²) < 4.78 is 14.9. The molecule has 0 bridgehead atoms. The van der Waals surface area contributed by atoms with Crippen molar-refractivity contribution in [3.63, 3.8) is 0 Å². The first-order chi connectivity index (χ1) is 17.7. The molecule has 2 N–H and O–H groups in total. The fourth-order valence-electron chi connectivity index (χ4n) is 5.54. The fraction of sp³-hybridized carbons (Fsp3) is 0.483. The number of amides is 3. The maximum Gasteiger partial charge on any atom is 0.255 e. The number of carbonyl (C=O) groups excluding carboxylic acids is 3. The average molecular weight is 524 g/mol. The van der Waals surface area contributed by atoms with E-state index in [-0.39, 0.29) is 24.1 Å². The highest BCUT2D eigenvalue weighted by Gasteiger charge is 2.39. The SMILES string of the molecule is CC1(C)CCC(NCc2ccc(CSc3cccc4c3CN(C3CCC(=O)NC3=O)C4=O)cc2F)CC1. The number of carbonyl (C=O) groups is 3. The summed E-state index contributed by atoms with van der Waals surface area (Å²) in [6, 6.07) is 10.9. The summed E-state index contributed by atoms with van der Waals surface area (Å²) in [5.41, 5.74) is 3.46. The number of fused-ring (bicyclic) bond motifs is 1. The van der Waals surface area contributed by atoms with Gasteiger partial charge >= 0.3 is 0 Å². The van der Waals surface area contributed by atoms with Crippen molar-refractivity contribution in [3.8, 4) is 0 Å². The Hall–Kier alpha value is -2.71. The third-order valence-electron chi connectivity index (χ3n) is 7.97. The summed E-state index contributed by atoms with van der Waals surface area (Å²) in [5.74, 6) is -0.515. The van der Waals surface area contributed by atoms with Crippen molar-refractivity contribution in [1.82, 2.24) is 15.5 Å².